The average molecular weight is 462 g/mol. The highest BCUT2D eigenvalue weighted by molar-refractivity contribution is 6.31. The van der Waals surface area contributed by atoms with Gasteiger partial charge in [-0.25, -0.2) is 13.8 Å². The van der Waals surface area contributed by atoms with Crippen LogP contribution in [0.3, 0.4) is 0 Å². The van der Waals surface area contributed by atoms with Crippen LogP contribution in [0.5, 0.6) is 5.75 Å². The van der Waals surface area contributed by atoms with Crippen LogP contribution in [0.2, 0.25) is 5.02 Å². The molecule has 0 aliphatic carbocycles. The van der Waals surface area contributed by atoms with Gasteiger partial charge in [-0.1, -0.05) is 31.0 Å². The second-order valence-electron chi connectivity index (χ2n) is 7.73. The molecule has 170 valence electrons. The number of hydrogen-bond donors (Lipinski definition) is 2. The Kier molecular flexibility index (Phi) is 7.64. The largest absolute Gasteiger partial charge is 0.482 e. The first-order valence-corrected chi connectivity index (χ1v) is 10.8. The molecule has 0 amide bonds. The first-order valence-electron chi connectivity index (χ1n) is 10.4. The first-order chi connectivity index (χ1) is 15.2. The van der Waals surface area contributed by atoms with E-state index in [0.717, 1.165) is 36.2 Å². The third-order valence-corrected chi connectivity index (χ3v) is 5.74. The van der Waals surface area contributed by atoms with Gasteiger partial charge in [-0.2, -0.15) is 0 Å². The molecule has 3 aromatic rings. The molecular weight excluding hydrogens is 436 g/mol. The monoisotopic (exact) mass is 461 g/mol. The third kappa shape index (κ3) is 5.16. The summed E-state index contributed by atoms with van der Waals surface area (Å²) in [5.74, 6) is -1.12. The van der Waals surface area contributed by atoms with Crippen LogP contribution in [-0.4, -0.2) is 21.2 Å². The molecule has 3 N–H and O–H groups in total. The molecule has 0 aliphatic rings. The number of nitrogens with zero attached hydrogens (tertiary/aromatic N) is 2. The van der Waals surface area contributed by atoms with E-state index in [1.165, 1.54) is 0 Å². The molecule has 0 radical (unpaired) electrons. The fraction of sp³-hybridized carbons (Fsp3) is 0.333. The Hall–Kier alpha value is -2.77. The molecule has 0 saturated heterocycles. The van der Waals surface area contributed by atoms with Crippen LogP contribution in [0.1, 0.15) is 56.9 Å². The quantitative estimate of drug-likeness (QED) is 0.398. The van der Waals surface area contributed by atoms with E-state index >= 15 is 0 Å². The summed E-state index contributed by atoms with van der Waals surface area (Å²) in [6.07, 6.45) is 3.65. The van der Waals surface area contributed by atoms with Gasteiger partial charge < -0.3 is 15.6 Å². The molecule has 5 nitrogen and oxygen atoms in total. The first kappa shape index (κ1) is 23.9. The van der Waals surface area contributed by atoms with Crippen molar-refractivity contribution in [3.8, 4) is 16.9 Å². The van der Waals surface area contributed by atoms with Crippen molar-refractivity contribution in [1.29, 1.82) is 0 Å². The van der Waals surface area contributed by atoms with Crippen LogP contribution in [0.15, 0.2) is 42.7 Å². The zero-order valence-corrected chi connectivity index (χ0v) is 18.9. The van der Waals surface area contributed by atoms with Crippen molar-refractivity contribution in [2.75, 3.05) is 5.73 Å². The van der Waals surface area contributed by atoms with Crippen LogP contribution in [0.25, 0.3) is 11.1 Å². The molecule has 0 aliphatic heterocycles. The van der Waals surface area contributed by atoms with E-state index in [1.807, 2.05) is 12.1 Å². The van der Waals surface area contributed by atoms with Crippen LogP contribution < -0.4 is 10.5 Å². The van der Waals surface area contributed by atoms with Crippen molar-refractivity contribution in [1.82, 2.24) is 9.97 Å². The second-order valence-corrected chi connectivity index (χ2v) is 8.11. The van der Waals surface area contributed by atoms with E-state index in [9.17, 15) is 13.9 Å². The molecule has 0 fully saturated rings. The van der Waals surface area contributed by atoms with Crippen molar-refractivity contribution in [3.05, 3.63) is 70.6 Å². The van der Waals surface area contributed by atoms with Gasteiger partial charge in [-0.3, -0.25) is 4.98 Å². The van der Waals surface area contributed by atoms with E-state index in [2.05, 4.69) is 16.9 Å². The Labute approximate surface area is 191 Å². The predicted octanol–water partition coefficient (Wildman–Crippen LogP) is 6.06. The molecule has 32 heavy (non-hydrogen) atoms. The second kappa shape index (κ2) is 10.2. The number of ether oxygens (including phenoxy) is 1. The fourth-order valence-electron chi connectivity index (χ4n) is 3.61. The fourth-order valence-corrected chi connectivity index (χ4v) is 3.92. The van der Waals surface area contributed by atoms with Gasteiger partial charge in [0.05, 0.1) is 11.1 Å². The maximum absolute atomic E-state index is 14.2. The zero-order valence-electron chi connectivity index (χ0n) is 18.1. The Balaban J connectivity index is 1.87. The minimum Gasteiger partial charge on any atom is -0.482 e. The number of aliphatic hydroxyl groups is 1. The highest BCUT2D eigenvalue weighted by Gasteiger charge is 2.21. The molecule has 0 bridgehead atoms. The lowest BCUT2D eigenvalue weighted by Crippen LogP contribution is -2.15. The minimum atomic E-state index is -0.904. The molecular formula is C24H26ClF2N3O2. The normalized spacial score (nSPS) is 14.1. The summed E-state index contributed by atoms with van der Waals surface area (Å²) in [6.45, 7) is 5.38. The highest BCUT2D eigenvalue weighted by Crippen LogP contribution is 2.35. The van der Waals surface area contributed by atoms with Gasteiger partial charge in [0.15, 0.2) is 11.6 Å². The molecule has 2 aromatic heterocycles. The Morgan fingerprint density at radius 2 is 1.75 bits per heavy atom. The van der Waals surface area contributed by atoms with Crippen LogP contribution in [0.4, 0.5) is 14.6 Å². The van der Waals surface area contributed by atoms with Crippen molar-refractivity contribution < 1.29 is 18.6 Å². The van der Waals surface area contributed by atoms with E-state index in [4.69, 9.17) is 22.1 Å². The summed E-state index contributed by atoms with van der Waals surface area (Å²) in [4.78, 5) is 8.68. The summed E-state index contributed by atoms with van der Waals surface area (Å²) >= 11 is 5.94. The summed E-state index contributed by atoms with van der Waals surface area (Å²) in [7, 11) is 0. The zero-order chi connectivity index (χ0) is 23.4. The molecule has 3 atom stereocenters. The van der Waals surface area contributed by atoms with Crippen LogP contribution in [-0.2, 0) is 0 Å². The van der Waals surface area contributed by atoms with Gasteiger partial charge in [-0.15, -0.1) is 0 Å². The van der Waals surface area contributed by atoms with Gasteiger partial charge in [0, 0.05) is 40.7 Å². The van der Waals surface area contributed by atoms with Gasteiger partial charge in [0.1, 0.15) is 17.7 Å². The minimum absolute atomic E-state index is 0.0377. The van der Waals surface area contributed by atoms with Gasteiger partial charge >= 0.3 is 0 Å². The van der Waals surface area contributed by atoms with Gasteiger partial charge in [0.25, 0.3) is 0 Å². The molecule has 0 saturated carbocycles. The smallest absolute Gasteiger partial charge is 0.166 e. The number of nitrogens with two attached hydrogens (primary N) is 1. The Morgan fingerprint density at radius 3 is 2.38 bits per heavy atom. The molecule has 0 spiro atoms. The molecule has 3 unspecified atom stereocenters. The standard InChI is InChI=1S/C24H26ClF2N3O2/c1-4-5-17(13(2)31)20-9-6-15(11-29-20)16-10-21(24(28)30-12-16)32-14(3)22-18(26)7-8-19(27)23(22)25/h6-14,17,31H,4-5H2,1-3H3,(H2,28,30). The number of rotatable bonds is 8. The van der Waals surface area contributed by atoms with Crippen molar-refractivity contribution in [3.63, 3.8) is 0 Å². The topological polar surface area (TPSA) is 81.3 Å². The lowest BCUT2D eigenvalue weighted by Gasteiger charge is -2.19. The maximum atomic E-state index is 14.2. The number of anilines is 1. The summed E-state index contributed by atoms with van der Waals surface area (Å²) in [5, 5.41) is 9.71. The number of pyridine rings is 2. The molecule has 2 heterocycles. The lowest BCUT2D eigenvalue weighted by molar-refractivity contribution is 0.155. The number of aromatic nitrogens is 2. The number of nitrogen functional groups attached to an aromatic ring is 1. The van der Waals surface area contributed by atoms with E-state index < -0.39 is 23.8 Å². The highest BCUT2D eigenvalue weighted by atomic mass is 35.5. The Morgan fingerprint density at radius 1 is 1.06 bits per heavy atom. The van der Waals surface area contributed by atoms with Crippen LogP contribution in [0, 0.1) is 11.6 Å². The lowest BCUT2D eigenvalue weighted by atomic mass is 9.93. The number of benzene rings is 1. The van der Waals surface area contributed by atoms with E-state index in [0.29, 0.717) is 5.56 Å². The number of hydrogen-bond acceptors (Lipinski definition) is 5. The van der Waals surface area contributed by atoms with E-state index in [1.54, 1.807) is 32.3 Å². The summed E-state index contributed by atoms with van der Waals surface area (Å²) in [5.41, 5.74) is 8.13. The van der Waals surface area contributed by atoms with Gasteiger partial charge in [0.2, 0.25) is 0 Å². The van der Waals surface area contributed by atoms with Crippen molar-refractivity contribution in [2.24, 2.45) is 0 Å². The predicted molar refractivity (Wildman–Crippen MR) is 122 cm³/mol. The SMILES string of the molecule is CCCC(c1ccc(-c2cnc(N)c(OC(C)c3c(F)ccc(F)c3Cl)c2)cn1)C(C)O. The van der Waals surface area contributed by atoms with Crippen molar-refractivity contribution >= 4 is 17.4 Å². The summed E-state index contributed by atoms with van der Waals surface area (Å²) in [6, 6.07) is 7.39. The van der Waals surface area contributed by atoms with Crippen LogP contribution >= 0.6 is 11.6 Å². The number of aliphatic hydroxyl groups excluding tert-OH is 1. The molecule has 3 rings (SSSR count). The number of halogens is 3. The summed E-state index contributed by atoms with van der Waals surface area (Å²) < 4.78 is 33.8. The third-order valence-electron chi connectivity index (χ3n) is 5.35. The average Bonchev–Trinajstić information content (AvgIpc) is 2.76. The van der Waals surface area contributed by atoms with E-state index in [-0.39, 0.29) is 28.1 Å². The van der Waals surface area contributed by atoms with Crippen molar-refractivity contribution in [2.45, 2.75) is 51.7 Å². The Bertz CT molecular complexity index is 1080. The maximum Gasteiger partial charge on any atom is 0.166 e. The van der Waals surface area contributed by atoms with Gasteiger partial charge in [-0.05, 0) is 44.5 Å². The molecule has 1 aromatic carbocycles. The molecule has 8 heteroatoms.